The van der Waals surface area contributed by atoms with Gasteiger partial charge in [0.1, 0.15) is 0 Å². The monoisotopic (exact) mass is 218 g/mol. The topological polar surface area (TPSA) is 15.3 Å². The predicted molar refractivity (Wildman–Crippen MR) is 70.2 cm³/mol. The first-order chi connectivity index (χ1) is 7.76. The first kappa shape index (κ1) is 11.5. The van der Waals surface area contributed by atoms with Crippen LogP contribution in [0.1, 0.15) is 24.5 Å². The van der Waals surface area contributed by atoms with E-state index in [1.165, 1.54) is 29.8 Å². The number of benzene rings is 1. The summed E-state index contributed by atoms with van der Waals surface area (Å²) in [5, 5.41) is 3.38. The Morgan fingerprint density at radius 3 is 2.88 bits per heavy atom. The molecule has 0 bridgehead atoms. The van der Waals surface area contributed by atoms with Gasteiger partial charge in [0.15, 0.2) is 0 Å². The van der Waals surface area contributed by atoms with Gasteiger partial charge in [0, 0.05) is 24.8 Å². The molecule has 0 spiro atoms. The zero-order chi connectivity index (χ0) is 11.5. The molecule has 1 atom stereocenters. The fourth-order valence-corrected chi connectivity index (χ4v) is 2.66. The molecular formula is C14H22N2. The van der Waals surface area contributed by atoms with Gasteiger partial charge in [-0.1, -0.05) is 25.1 Å². The quantitative estimate of drug-likeness (QED) is 0.838. The highest BCUT2D eigenvalue weighted by atomic mass is 15.2. The molecule has 16 heavy (non-hydrogen) atoms. The minimum atomic E-state index is 0.657. The van der Waals surface area contributed by atoms with Crippen LogP contribution in [0.2, 0.25) is 0 Å². The van der Waals surface area contributed by atoms with Gasteiger partial charge >= 0.3 is 0 Å². The number of aryl methyl sites for hydroxylation is 2. The molecule has 1 aromatic rings. The maximum Gasteiger partial charge on any atom is 0.0428 e. The molecule has 1 N–H and O–H groups in total. The second kappa shape index (κ2) is 4.88. The first-order valence-corrected chi connectivity index (χ1v) is 6.27. The number of likely N-dealkylation sites (N-methyl/N-ethyl adjacent to an activating group) is 1. The van der Waals surface area contributed by atoms with Crippen LogP contribution in [0.5, 0.6) is 0 Å². The van der Waals surface area contributed by atoms with Crippen molar-refractivity contribution in [2.24, 2.45) is 0 Å². The maximum absolute atomic E-state index is 3.38. The van der Waals surface area contributed by atoms with Crippen molar-refractivity contribution >= 4 is 5.69 Å². The van der Waals surface area contributed by atoms with E-state index < -0.39 is 0 Å². The summed E-state index contributed by atoms with van der Waals surface area (Å²) in [6.07, 6.45) is 2.38. The van der Waals surface area contributed by atoms with E-state index in [4.69, 9.17) is 0 Å². The fourth-order valence-electron chi connectivity index (χ4n) is 2.66. The molecule has 0 radical (unpaired) electrons. The van der Waals surface area contributed by atoms with Crippen LogP contribution in [-0.2, 0) is 6.42 Å². The molecule has 1 saturated heterocycles. The van der Waals surface area contributed by atoms with E-state index in [0.717, 1.165) is 13.0 Å². The zero-order valence-electron chi connectivity index (χ0n) is 10.6. The summed E-state index contributed by atoms with van der Waals surface area (Å²) >= 11 is 0. The molecule has 0 aromatic heterocycles. The zero-order valence-corrected chi connectivity index (χ0v) is 10.6. The largest absolute Gasteiger partial charge is 0.369 e. The van der Waals surface area contributed by atoms with Crippen LogP contribution in [0.15, 0.2) is 18.2 Å². The van der Waals surface area contributed by atoms with E-state index in [9.17, 15) is 0 Å². The van der Waals surface area contributed by atoms with E-state index >= 15 is 0 Å². The summed E-state index contributed by atoms with van der Waals surface area (Å²) in [7, 11) is 2.06. The number of para-hydroxylation sites is 1. The van der Waals surface area contributed by atoms with Gasteiger partial charge in [-0.3, -0.25) is 0 Å². The summed E-state index contributed by atoms with van der Waals surface area (Å²) in [5.74, 6) is 0. The normalized spacial score (nSPS) is 20.4. The van der Waals surface area contributed by atoms with Crippen LogP contribution in [0.4, 0.5) is 5.69 Å². The molecule has 1 aromatic carbocycles. The van der Waals surface area contributed by atoms with Gasteiger partial charge in [-0.2, -0.15) is 0 Å². The van der Waals surface area contributed by atoms with Crippen LogP contribution in [-0.4, -0.2) is 26.2 Å². The first-order valence-electron chi connectivity index (χ1n) is 6.27. The number of nitrogens with zero attached hydrogens (tertiary/aromatic N) is 1. The number of hydrogen-bond acceptors (Lipinski definition) is 2. The van der Waals surface area contributed by atoms with Gasteiger partial charge in [0.25, 0.3) is 0 Å². The van der Waals surface area contributed by atoms with Crippen LogP contribution >= 0.6 is 0 Å². The Morgan fingerprint density at radius 1 is 1.44 bits per heavy atom. The molecule has 0 amide bonds. The van der Waals surface area contributed by atoms with Crippen LogP contribution < -0.4 is 10.2 Å². The Bertz CT molecular complexity index is 360. The highest BCUT2D eigenvalue weighted by Gasteiger charge is 2.23. The fraction of sp³-hybridized carbons (Fsp3) is 0.571. The highest BCUT2D eigenvalue weighted by Crippen LogP contribution is 2.28. The Hall–Kier alpha value is -1.02. The average Bonchev–Trinajstić information content (AvgIpc) is 2.76. The predicted octanol–water partition coefficient (Wildman–Crippen LogP) is 2.36. The number of hydrogen-bond donors (Lipinski definition) is 1. The molecule has 0 aliphatic carbocycles. The van der Waals surface area contributed by atoms with E-state index in [-0.39, 0.29) is 0 Å². The third-order valence-corrected chi connectivity index (χ3v) is 3.61. The van der Waals surface area contributed by atoms with Crippen molar-refractivity contribution in [1.29, 1.82) is 0 Å². The molecular weight excluding hydrogens is 196 g/mol. The molecule has 1 aliphatic heterocycles. The minimum absolute atomic E-state index is 0.657. The molecule has 88 valence electrons. The van der Waals surface area contributed by atoms with E-state index in [2.05, 4.69) is 49.3 Å². The Labute approximate surface area is 98.7 Å². The third-order valence-electron chi connectivity index (χ3n) is 3.61. The van der Waals surface area contributed by atoms with E-state index in [0.29, 0.717) is 6.04 Å². The molecule has 1 fully saturated rings. The van der Waals surface area contributed by atoms with Crippen molar-refractivity contribution in [2.75, 3.05) is 25.0 Å². The van der Waals surface area contributed by atoms with Crippen molar-refractivity contribution < 1.29 is 0 Å². The Balaban J connectivity index is 2.26. The van der Waals surface area contributed by atoms with Crippen molar-refractivity contribution in [3.05, 3.63) is 29.3 Å². The summed E-state index contributed by atoms with van der Waals surface area (Å²) in [6, 6.07) is 7.31. The van der Waals surface area contributed by atoms with Crippen LogP contribution in [0.3, 0.4) is 0 Å². The number of rotatable bonds is 3. The number of anilines is 1. The molecule has 1 heterocycles. The lowest BCUT2D eigenvalue weighted by atomic mass is 10.0. The van der Waals surface area contributed by atoms with Gasteiger partial charge in [-0.25, -0.2) is 0 Å². The number of nitrogens with one attached hydrogen (secondary N) is 1. The van der Waals surface area contributed by atoms with Crippen LogP contribution in [0.25, 0.3) is 0 Å². The molecule has 2 rings (SSSR count). The summed E-state index contributed by atoms with van der Waals surface area (Å²) < 4.78 is 0. The molecule has 0 saturated carbocycles. The van der Waals surface area contributed by atoms with Crippen molar-refractivity contribution in [2.45, 2.75) is 32.7 Å². The highest BCUT2D eigenvalue weighted by molar-refractivity contribution is 5.60. The van der Waals surface area contributed by atoms with Gasteiger partial charge in [0.2, 0.25) is 0 Å². The second-order valence-electron chi connectivity index (χ2n) is 4.66. The minimum Gasteiger partial charge on any atom is -0.369 e. The lowest BCUT2D eigenvalue weighted by Crippen LogP contribution is -2.30. The van der Waals surface area contributed by atoms with Crippen molar-refractivity contribution in [1.82, 2.24) is 5.32 Å². The third kappa shape index (κ3) is 2.07. The smallest absolute Gasteiger partial charge is 0.0428 e. The van der Waals surface area contributed by atoms with Crippen molar-refractivity contribution in [3.8, 4) is 0 Å². The summed E-state index contributed by atoms with van der Waals surface area (Å²) in [5.41, 5.74) is 4.37. The van der Waals surface area contributed by atoms with Crippen LogP contribution in [0, 0.1) is 6.92 Å². The van der Waals surface area contributed by atoms with E-state index in [1.807, 2.05) is 0 Å². The van der Waals surface area contributed by atoms with Gasteiger partial charge in [0.05, 0.1) is 0 Å². The van der Waals surface area contributed by atoms with E-state index in [1.54, 1.807) is 0 Å². The molecule has 2 heteroatoms. The lowest BCUT2D eigenvalue weighted by Gasteiger charge is -2.24. The molecule has 1 aliphatic rings. The molecule has 1 unspecified atom stereocenters. The van der Waals surface area contributed by atoms with Gasteiger partial charge < -0.3 is 10.2 Å². The maximum atomic E-state index is 3.38. The summed E-state index contributed by atoms with van der Waals surface area (Å²) in [4.78, 5) is 2.54. The van der Waals surface area contributed by atoms with Gasteiger partial charge in [-0.15, -0.1) is 0 Å². The SMILES string of the molecule is CCc1cccc(C)c1N1CCC(NC)C1. The van der Waals surface area contributed by atoms with Gasteiger partial charge in [-0.05, 0) is 37.9 Å². The van der Waals surface area contributed by atoms with Crippen molar-refractivity contribution in [3.63, 3.8) is 0 Å². The molecule has 2 nitrogen and oxygen atoms in total. The Kier molecular flexibility index (Phi) is 3.49. The second-order valence-corrected chi connectivity index (χ2v) is 4.66. The lowest BCUT2D eigenvalue weighted by molar-refractivity contribution is 0.617. The average molecular weight is 218 g/mol. The Morgan fingerprint density at radius 2 is 2.25 bits per heavy atom. The summed E-state index contributed by atoms with van der Waals surface area (Å²) in [6.45, 7) is 6.79. The standard InChI is InChI=1S/C14H22N2/c1-4-12-7-5-6-11(2)14(12)16-9-8-13(10-16)15-3/h5-7,13,15H,4,8-10H2,1-3H3.